The predicted octanol–water partition coefficient (Wildman–Crippen LogP) is 5.34. The molecule has 28 heavy (non-hydrogen) atoms. The molecule has 0 aliphatic carbocycles. The molecule has 10 heteroatoms. The molecule has 0 spiro atoms. The second kappa shape index (κ2) is 7.02. The quantitative estimate of drug-likeness (QED) is 0.477. The number of oxazole rings is 1. The fraction of sp³-hybridized carbons (Fsp3) is 0.111. The summed E-state index contributed by atoms with van der Waals surface area (Å²) in [6, 6.07) is 6.35. The summed E-state index contributed by atoms with van der Waals surface area (Å²) in [7, 11) is 0. The third-order valence-corrected chi connectivity index (χ3v) is 3.72. The van der Waals surface area contributed by atoms with Crippen molar-refractivity contribution < 1.29 is 35.6 Å². The molecule has 0 aliphatic heterocycles. The molecule has 0 atom stereocenters. The maximum atomic E-state index is 13.7. The van der Waals surface area contributed by atoms with E-state index in [2.05, 4.69) is 10.3 Å². The number of alkyl halides is 3. The second-order valence-electron chi connectivity index (χ2n) is 5.68. The lowest BCUT2D eigenvalue weighted by molar-refractivity contribution is -0.156. The van der Waals surface area contributed by atoms with Gasteiger partial charge in [-0.25, -0.2) is 18.2 Å². The van der Waals surface area contributed by atoms with Crippen LogP contribution in [0.4, 0.5) is 32.0 Å². The Kier molecular flexibility index (Phi) is 4.88. The number of benzene rings is 2. The van der Waals surface area contributed by atoms with Crippen molar-refractivity contribution in [3.63, 3.8) is 0 Å². The molecular weight excluding hydrogens is 390 g/mol. The SMILES string of the molecule is Cc1nc(C(F)(F)F)oc1-c1ccc(NC(=O)c2c(F)ccc(F)c2F)cc1. The van der Waals surface area contributed by atoms with Gasteiger partial charge in [0, 0.05) is 11.3 Å². The van der Waals surface area contributed by atoms with Crippen LogP contribution in [-0.2, 0) is 6.18 Å². The molecule has 1 heterocycles. The molecule has 3 rings (SSSR count). The molecule has 0 saturated carbocycles. The zero-order valence-corrected chi connectivity index (χ0v) is 14.0. The highest BCUT2D eigenvalue weighted by Gasteiger charge is 2.38. The van der Waals surface area contributed by atoms with Crippen LogP contribution in [0.15, 0.2) is 40.8 Å². The van der Waals surface area contributed by atoms with E-state index < -0.39 is 41.0 Å². The number of anilines is 1. The molecule has 0 bridgehead atoms. The lowest BCUT2D eigenvalue weighted by Crippen LogP contribution is -2.16. The topological polar surface area (TPSA) is 55.1 Å². The molecule has 0 aliphatic rings. The number of hydrogen-bond donors (Lipinski definition) is 1. The number of nitrogens with zero attached hydrogens (tertiary/aromatic N) is 1. The van der Waals surface area contributed by atoms with Crippen LogP contribution in [-0.4, -0.2) is 10.9 Å². The Morgan fingerprint density at radius 2 is 1.61 bits per heavy atom. The van der Waals surface area contributed by atoms with E-state index in [-0.39, 0.29) is 22.7 Å². The first kappa shape index (κ1) is 19.5. The third kappa shape index (κ3) is 3.71. The van der Waals surface area contributed by atoms with E-state index in [1.54, 1.807) is 0 Å². The van der Waals surface area contributed by atoms with Gasteiger partial charge in [-0.1, -0.05) is 0 Å². The maximum absolute atomic E-state index is 13.7. The fourth-order valence-electron chi connectivity index (χ4n) is 2.42. The van der Waals surface area contributed by atoms with Gasteiger partial charge in [-0.15, -0.1) is 0 Å². The number of aromatic nitrogens is 1. The maximum Gasteiger partial charge on any atom is 0.468 e. The van der Waals surface area contributed by atoms with Crippen molar-refractivity contribution in [2.24, 2.45) is 0 Å². The van der Waals surface area contributed by atoms with Gasteiger partial charge < -0.3 is 9.73 Å². The van der Waals surface area contributed by atoms with E-state index in [1.807, 2.05) is 0 Å². The van der Waals surface area contributed by atoms with E-state index in [4.69, 9.17) is 4.42 Å². The van der Waals surface area contributed by atoms with Crippen LogP contribution >= 0.6 is 0 Å². The Balaban J connectivity index is 1.84. The zero-order chi connectivity index (χ0) is 20.6. The highest BCUT2D eigenvalue weighted by atomic mass is 19.4. The minimum absolute atomic E-state index is 0.00742. The molecule has 4 nitrogen and oxygen atoms in total. The molecule has 1 aromatic heterocycles. The first-order chi connectivity index (χ1) is 13.1. The van der Waals surface area contributed by atoms with Crippen LogP contribution in [0.25, 0.3) is 11.3 Å². The number of halogens is 6. The minimum atomic E-state index is -4.74. The van der Waals surface area contributed by atoms with Crippen LogP contribution in [0.3, 0.4) is 0 Å². The lowest BCUT2D eigenvalue weighted by atomic mass is 10.1. The van der Waals surface area contributed by atoms with Crippen molar-refractivity contribution in [3.8, 4) is 11.3 Å². The highest BCUT2D eigenvalue weighted by Crippen LogP contribution is 2.34. The minimum Gasteiger partial charge on any atom is -0.433 e. The molecule has 3 aromatic rings. The van der Waals surface area contributed by atoms with Gasteiger partial charge in [0.1, 0.15) is 11.4 Å². The third-order valence-electron chi connectivity index (χ3n) is 3.72. The Hall–Kier alpha value is -3.30. The number of nitrogens with one attached hydrogen (secondary N) is 1. The average Bonchev–Trinajstić information content (AvgIpc) is 3.01. The molecular formula is C18H10F6N2O2. The van der Waals surface area contributed by atoms with Gasteiger partial charge in [0.25, 0.3) is 5.91 Å². The van der Waals surface area contributed by atoms with E-state index in [1.165, 1.54) is 31.2 Å². The highest BCUT2D eigenvalue weighted by molar-refractivity contribution is 6.04. The van der Waals surface area contributed by atoms with Gasteiger partial charge in [-0.2, -0.15) is 13.2 Å². The monoisotopic (exact) mass is 400 g/mol. The van der Waals surface area contributed by atoms with Crippen LogP contribution in [0.1, 0.15) is 21.9 Å². The van der Waals surface area contributed by atoms with Crippen LogP contribution < -0.4 is 5.32 Å². The van der Waals surface area contributed by atoms with E-state index in [0.29, 0.717) is 12.1 Å². The Labute approximate surface area is 153 Å². The largest absolute Gasteiger partial charge is 0.468 e. The zero-order valence-electron chi connectivity index (χ0n) is 14.0. The van der Waals surface area contributed by atoms with Gasteiger partial charge in [0.15, 0.2) is 17.4 Å². The number of rotatable bonds is 3. The smallest absolute Gasteiger partial charge is 0.433 e. The Bertz CT molecular complexity index is 1040. The van der Waals surface area contributed by atoms with Gasteiger partial charge in [0.2, 0.25) is 0 Å². The molecule has 1 amide bonds. The molecule has 0 fully saturated rings. The summed E-state index contributed by atoms with van der Waals surface area (Å²) in [6.07, 6.45) is -4.74. The van der Waals surface area contributed by atoms with Gasteiger partial charge in [-0.05, 0) is 43.3 Å². The number of amides is 1. The van der Waals surface area contributed by atoms with Gasteiger partial charge in [0.05, 0.1) is 5.69 Å². The van der Waals surface area contributed by atoms with E-state index in [0.717, 1.165) is 0 Å². The molecule has 1 N–H and O–H groups in total. The molecule has 2 aromatic carbocycles. The van der Waals surface area contributed by atoms with Crippen molar-refractivity contribution in [2.45, 2.75) is 13.1 Å². The number of hydrogen-bond acceptors (Lipinski definition) is 3. The summed E-state index contributed by atoms with van der Waals surface area (Å²) in [6.45, 7) is 1.33. The van der Waals surface area contributed by atoms with Gasteiger partial charge >= 0.3 is 12.1 Å². The summed E-state index contributed by atoms with van der Waals surface area (Å²) >= 11 is 0. The summed E-state index contributed by atoms with van der Waals surface area (Å²) < 4.78 is 83.2. The van der Waals surface area contributed by atoms with Crippen LogP contribution in [0, 0.1) is 24.4 Å². The van der Waals surface area contributed by atoms with Crippen LogP contribution in [0.2, 0.25) is 0 Å². The second-order valence-corrected chi connectivity index (χ2v) is 5.68. The summed E-state index contributed by atoms with van der Waals surface area (Å²) in [5, 5.41) is 2.18. The van der Waals surface area contributed by atoms with E-state index in [9.17, 15) is 31.1 Å². The molecule has 0 radical (unpaired) electrons. The van der Waals surface area contributed by atoms with Gasteiger partial charge in [-0.3, -0.25) is 4.79 Å². The number of carbonyl (C=O) groups excluding carboxylic acids is 1. The molecule has 0 unspecified atom stereocenters. The number of aryl methyl sites for hydroxylation is 1. The molecule has 0 saturated heterocycles. The van der Waals surface area contributed by atoms with Crippen molar-refractivity contribution in [3.05, 3.63) is 71.0 Å². The standard InChI is InChI=1S/C18H10F6N2O2/c1-8-15(28-17(25-8)18(22,23)24)9-2-4-10(5-3-9)26-16(27)13-11(19)6-7-12(20)14(13)21/h2-7H,1H3,(H,26,27). The van der Waals surface area contributed by atoms with Crippen molar-refractivity contribution in [2.75, 3.05) is 5.32 Å². The van der Waals surface area contributed by atoms with E-state index >= 15 is 0 Å². The Morgan fingerprint density at radius 3 is 2.18 bits per heavy atom. The average molecular weight is 400 g/mol. The van der Waals surface area contributed by atoms with Crippen molar-refractivity contribution >= 4 is 11.6 Å². The van der Waals surface area contributed by atoms with Crippen molar-refractivity contribution in [1.82, 2.24) is 4.98 Å². The lowest BCUT2D eigenvalue weighted by Gasteiger charge is -2.08. The summed E-state index contributed by atoms with van der Waals surface area (Å²) in [5.41, 5.74) is -0.773. The first-order valence-corrected chi connectivity index (χ1v) is 7.68. The summed E-state index contributed by atoms with van der Waals surface area (Å²) in [4.78, 5) is 15.3. The fourth-order valence-corrected chi connectivity index (χ4v) is 2.42. The first-order valence-electron chi connectivity index (χ1n) is 7.68. The molecule has 146 valence electrons. The number of carbonyl (C=O) groups is 1. The van der Waals surface area contributed by atoms with Crippen molar-refractivity contribution in [1.29, 1.82) is 0 Å². The summed E-state index contributed by atoms with van der Waals surface area (Å²) in [5.74, 6) is -7.00. The normalized spacial score (nSPS) is 11.5. The van der Waals surface area contributed by atoms with Crippen LogP contribution in [0.5, 0.6) is 0 Å². The Morgan fingerprint density at radius 1 is 1.00 bits per heavy atom. The predicted molar refractivity (Wildman–Crippen MR) is 85.9 cm³/mol.